The Balaban J connectivity index is 3.12. The number of hydrogen-bond acceptors (Lipinski definition) is 2. The van der Waals surface area contributed by atoms with Gasteiger partial charge in [0.2, 0.25) is 0 Å². The maximum absolute atomic E-state index is 10.2. The van der Waals surface area contributed by atoms with E-state index in [-0.39, 0.29) is 0 Å². The van der Waals surface area contributed by atoms with Crippen LogP contribution in [0.1, 0.15) is 25.8 Å². The van der Waals surface area contributed by atoms with Crippen LogP contribution in [0.15, 0.2) is 18.2 Å². The van der Waals surface area contributed by atoms with E-state index in [0.717, 1.165) is 0 Å². The molecule has 1 aromatic carbocycles. The molecule has 0 radical (unpaired) electrons. The molecule has 0 aromatic heterocycles. The first-order valence-electron chi connectivity index (χ1n) is 4.85. The summed E-state index contributed by atoms with van der Waals surface area (Å²) in [5.41, 5.74) is 0.554. The van der Waals surface area contributed by atoms with Gasteiger partial charge in [0, 0.05) is 23.6 Å². The first-order chi connectivity index (χ1) is 7.03. The number of aliphatic hydroxyl groups is 1. The van der Waals surface area contributed by atoms with Crippen LogP contribution in [-0.2, 0) is 10.5 Å². The van der Waals surface area contributed by atoms with Crippen LogP contribution in [0, 0.1) is 0 Å². The maximum Gasteiger partial charge on any atom is 0.193 e. The van der Waals surface area contributed by atoms with E-state index in [1.807, 2.05) is 13.8 Å². The van der Waals surface area contributed by atoms with Gasteiger partial charge in [0.25, 0.3) is 0 Å². The van der Waals surface area contributed by atoms with E-state index in [1.165, 1.54) is 0 Å². The molecule has 1 N–H and O–H groups in total. The number of hydrogen-bond donors (Lipinski definition) is 1. The van der Waals surface area contributed by atoms with E-state index in [2.05, 4.69) is 0 Å². The average molecular weight is 249 g/mol. The van der Waals surface area contributed by atoms with Crippen molar-refractivity contribution in [3.63, 3.8) is 0 Å². The van der Waals surface area contributed by atoms with Crippen LogP contribution in [0.3, 0.4) is 0 Å². The molecule has 0 aliphatic rings. The topological polar surface area (TPSA) is 29.5 Å². The van der Waals surface area contributed by atoms with Gasteiger partial charge in [0.05, 0.1) is 5.02 Å². The van der Waals surface area contributed by atoms with Gasteiger partial charge in [0.1, 0.15) is 0 Å². The molecule has 0 saturated heterocycles. The molecule has 0 spiro atoms. The van der Waals surface area contributed by atoms with Gasteiger partial charge in [-0.3, -0.25) is 0 Å². The van der Waals surface area contributed by atoms with Gasteiger partial charge in [-0.15, -0.1) is 0 Å². The average Bonchev–Trinajstić information content (AvgIpc) is 2.17. The highest BCUT2D eigenvalue weighted by Crippen LogP contribution is 2.33. The molecule has 15 heavy (non-hydrogen) atoms. The van der Waals surface area contributed by atoms with Crippen molar-refractivity contribution in [1.29, 1.82) is 0 Å². The predicted molar refractivity (Wildman–Crippen MR) is 62.3 cm³/mol. The number of halogens is 2. The molecule has 0 fully saturated rings. The molecule has 1 aromatic rings. The number of ether oxygens (including phenoxy) is 1. The Morgan fingerprint density at radius 2 is 2.00 bits per heavy atom. The molecule has 2 nitrogen and oxygen atoms in total. The zero-order valence-corrected chi connectivity index (χ0v) is 10.3. The van der Waals surface area contributed by atoms with E-state index >= 15 is 0 Å². The predicted octanol–water partition coefficient (Wildman–Crippen LogP) is 3.59. The first-order valence-corrected chi connectivity index (χ1v) is 5.61. The standard InChI is InChI=1S/C11H14Cl2O2/c1-3-11(14,15-4-2)9-6-5-8(12)7-10(9)13/h5-7,14H,3-4H2,1-2H3/t11-/m0/s1. The zero-order valence-electron chi connectivity index (χ0n) is 8.76. The van der Waals surface area contributed by atoms with Gasteiger partial charge >= 0.3 is 0 Å². The second kappa shape index (κ2) is 5.17. The molecule has 0 amide bonds. The van der Waals surface area contributed by atoms with Gasteiger partial charge in [-0.25, -0.2) is 0 Å². The zero-order chi connectivity index (χ0) is 11.5. The Hall–Kier alpha value is -0.280. The van der Waals surface area contributed by atoms with Crippen LogP contribution >= 0.6 is 23.2 Å². The third-order valence-electron chi connectivity index (χ3n) is 2.21. The summed E-state index contributed by atoms with van der Waals surface area (Å²) in [6.07, 6.45) is 0.433. The first kappa shape index (κ1) is 12.8. The second-order valence-corrected chi connectivity index (χ2v) is 4.04. The monoisotopic (exact) mass is 248 g/mol. The van der Waals surface area contributed by atoms with Crippen molar-refractivity contribution in [2.75, 3.05) is 6.61 Å². The largest absolute Gasteiger partial charge is 0.362 e. The van der Waals surface area contributed by atoms with Gasteiger partial charge in [-0.05, 0) is 19.1 Å². The van der Waals surface area contributed by atoms with Crippen LogP contribution in [0.2, 0.25) is 10.0 Å². The molecule has 4 heteroatoms. The fourth-order valence-electron chi connectivity index (χ4n) is 1.42. The number of benzene rings is 1. The molecule has 84 valence electrons. The maximum atomic E-state index is 10.2. The fraction of sp³-hybridized carbons (Fsp3) is 0.455. The summed E-state index contributed by atoms with van der Waals surface area (Å²) >= 11 is 11.8. The Morgan fingerprint density at radius 1 is 1.33 bits per heavy atom. The minimum atomic E-state index is -1.32. The van der Waals surface area contributed by atoms with E-state index < -0.39 is 5.79 Å². The summed E-state index contributed by atoms with van der Waals surface area (Å²) in [4.78, 5) is 0. The van der Waals surface area contributed by atoms with E-state index in [9.17, 15) is 5.11 Å². The summed E-state index contributed by atoms with van der Waals surface area (Å²) in [7, 11) is 0. The van der Waals surface area contributed by atoms with Crippen molar-refractivity contribution >= 4 is 23.2 Å². The highest BCUT2D eigenvalue weighted by Gasteiger charge is 2.29. The lowest BCUT2D eigenvalue weighted by atomic mass is 10.0. The van der Waals surface area contributed by atoms with E-state index in [0.29, 0.717) is 28.6 Å². The SMILES string of the molecule is CCO[C@@](O)(CC)c1ccc(Cl)cc1Cl. The molecular weight excluding hydrogens is 235 g/mol. The van der Waals surface area contributed by atoms with Gasteiger partial charge < -0.3 is 9.84 Å². The van der Waals surface area contributed by atoms with Gasteiger partial charge in [-0.2, -0.15) is 0 Å². The third-order valence-corrected chi connectivity index (χ3v) is 2.76. The lowest BCUT2D eigenvalue weighted by Crippen LogP contribution is -2.28. The molecule has 1 rings (SSSR count). The van der Waals surface area contributed by atoms with Gasteiger partial charge in [0.15, 0.2) is 5.79 Å². The Kier molecular flexibility index (Phi) is 4.41. The molecule has 0 aliphatic carbocycles. The molecule has 1 atom stereocenters. The summed E-state index contributed by atoms with van der Waals surface area (Å²) < 4.78 is 5.31. The van der Waals surface area contributed by atoms with Crippen LogP contribution in [0.5, 0.6) is 0 Å². The van der Waals surface area contributed by atoms with Crippen molar-refractivity contribution in [1.82, 2.24) is 0 Å². The minimum Gasteiger partial charge on any atom is -0.362 e. The van der Waals surface area contributed by atoms with E-state index in [4.69, 9.17) is 27.9 Å². The van der Waals surface area contributed by atoms with Crippen molar-refractivity contribution in [3.05, 3.63) is 33.8 Å². The Bertz CT molecular complexity index is 341. The summed E-state index contributed by atoms with van der Waals surface area (Å²) in [5.74, 6) is -1.32. The molecule has 0 aliphatic heterocycles. The minimum absolute atomic E-state index is 0.417. The van der Waals surface area contributed by atoms with Crippen molar-refractivity contribution in [3.8, 4) is 0 Å². The normalized spacial score (nSPS) is 15.0. The van der Waals surface area contributed by atoms with Gasteiger partial charge in [-0.1, -0.05) is 36.2 Å². The molecule has 0 unspecified atom stereocenters. The smallest absolute Gasteiger partial charge is 0.193 e. The van der Waals surface area contributed by atoms with Crippen LogP contribution in [0.4, 0.5) is 0 Å². The molecular formula is C11H14Cl2O2. The highest BCUT2D eigenvalue weighted by atomic mass is 35.5. The molecule has 0 heterocycles. The highest BCUT2D eigenvalue weighted by molar-refractivity contribution is 6.35. The third kappa shape index (κ3) is 2.85. The summed E-state index contributed by atoms with van der Waals surface area (Å²) in [6.45, 7) is 4.08. The van der Waals surface area contributed by atoms with E-state index in [1.54, 1.807) is 18.2 Å². The van der Waals surface area contributed by atoms with Crippen LogP contribution in [0.25, 0.3) is 0 Å². The summed E-state index contributed by atoms with van der Waals surface area (Å²) in [6, 6.07) is 4.96. The van der Waals surface area contributed by atoms with Crippen LogP contribution < -0.4 is 0 Å². The second-order valence-electron chi connectivity index (χ2n) is 3.20. The Morgan fingerprint density at radius 3 is 2.47 bits per heavy atom. The molecule has 0 saturated carbocycles. The lowest BCUT2D eigenvalue weighted by Gasteiger charge is -2.27. The lowest BCUT2D eigenvalue weighted by molar-refractivity contribution is -0.211. The molecule has 0 bridgehead atoms. The van der Waals surface area contributed by atoms with Crippen molar-refractivity contribution < 1.29 is 9.84 Å². The van der Waals surface area contributed by atoms with Crippen molar-refractivity contribution in [2.24, 2.45) is 0 Å². The Labute approximate surface area is 99.8 Å². The van der Waals surface area contributed by atoms with Crippen molar-refractivity contribution in [2.45, 2.75) is 26.1 Å². The quantitative estimate of drug-likeness (QED) is 0.826. The summed E-state index contributed by atoms with van der Waals surface area (Å²) in [5, 5.41) is 11.2. The number of rotatable bonds is 4. The fourth-order valence-corrected chi connectivity index (χ4v) is 1.97. The van der Waals surface area contributed by atoms with Crippen LogP contribution in [-0.4, -0.2) is 11.7 Å².